The first kappa shape index (κ1) is 12.5. The van der Waals surface area contributed by atoms with Crippen molar-refractivity contribution in [2.24, 2.45) is 0 Å². The first-order valence-electron chi connectivity index (χ1n) is 5.54. The number of carbonyl (C=O) groups is 1. The Morgan fingerprint density at radius 2 is 2.32 bits per heavy atom. The fourth-order valence-electron chi connectivity index (χ4n) is 1.97. The molecule has 98 valence electrons. The first-order valence-corrected chi connectivity index (χ1v) is 6.73. The number of rotatable bonds is 3. The van der Waals surface area contributed by atoms with Gasteiger partial charge in [-0.05, 0) is 30.9 Å². The number of H-pyrrole nitrogens is 1. The number of likely N-dealkylation sites (N-methyl/N-ethyl adjacent to an activating group) is 1. The Balaban J connectivity index is 1.97. The maximum atomic E-state index is 11.7. The molecular weight excluding hydrogens is 286 g/mol. The number of aromatic amines is 1. The molecule has 2 heterocycles. The number of fused-ring (bicyclic) bond motifs is 1. The lowest BCUT2D eigenvalue weighted by molar-refractivity contribution is -0.117. The number of halogens is 1. The second-order valence-electron chi connectivity index (χ2n) is 3.97. The normalized spacial score (nSPS) is 17.4. The van der Waals surface area contributed by atoms with Gasteiger partial charge in [-0.25, -0.2) is 4.98 Å². The predicted molar refractivity (Wildman–Crippen MR) is 72.4 cm³/mol. The molecule has 0 fully saturated rings. The minimum Gasteiger partial charge on any atom is -0.324 e. The monoisotopic (exact) mass is 295 g/mol. The van der Waals surface area contributed by atoms with Crippen molar-refractivity contribution >= 4 is 35.0 Å². The SMILES string of the molecule is CNC1C(=O)Nc2cc(Sc3ncn[nH]3)c(Cl)cc21. The molecule has 0 radical (unpaired) electrons. The van der Waals surface area contributed by atoms with E-state index in [1.165, 1.54) is 18.1 Å². The van der Waals surface area contributed by atoms with Crippen molar-refractivity contribution in [2.75, 3.05) is 12.4 Å². The Bertz CT molecular complexity index is 630. The van der Waals surface area contributed by atoms with Crippen molar-refractivity contribution in [1.29, 1.82) is 0 Å². The summed E-state index contributed by atoms with van der Waals surface area (Å²) in [7, 11) is 1.74. The fourth-order valence-corrected chi connectivity index (χ4v) is 3.00. The molecule has 19 heavy (non-hydrogen) atoms. The summed E-state index contributed by atoms with van der Waals surface area (Å²) in [6.45, 7) is 0. The van der Waals surface area contributed by atoms with Crippen molar-refractivity contribution in [1.82, 2.24) is 20.5 Å². The largest absolute Gasteiger partial charge is 0.324 e. The minimum atomic E-state index is -0.350. The molecule has 1 aliphatic heterocycles. The van der Waals surface area contributed by atoms with Crippen LogP contribution in [0.15, 0.2) is 28.5 Å². The fraction of sp³-hybridized carbons (Fsp3) is 0.182. The van der Waals surface area contributed by atoms with Gasteiger partial charge in [0.1, 0.15) is 12.4 Å². The number of hydrogen-bond donors (Lipinski definition) is 3. The molecule has 8 heteroatoms. The highest BCUT2D eigenvalue weighted by Gasteiger charge is 2.30. The van der Waals surface area contributed by atoms with Crippen LogP contribution in [0.4, 0.5) is 5.69 Å². The Morgan fingerprint density at radius 1 is 1.47 bits per heavy atom. The zero-order valence-corrected chi connectivity index (χ0v) is 11.5. The average molecular weight is 296 g/mol. The number of carbonyl (C=O) groups excluding carboxylic acids is 1. The predicted octanol–water partition coefficient (Wildman–Crippen LogP) is 1.82. The van der Waals surface area contributed by atoms with E-state index in [4.69, 9.17) is 11.6 Å². The van der Waals surface area contributed by atoms with E-state index in [-0.39, 0.29) is 11.9 Å². The summed E-state index contributed by atoms with van der Waals surface area (Å²) >= 11 is 7.61. The molecule has 2 aromatic rings. The van der Waals surface area contributed by atoms with Gasteiger partial charge >= 0.3 is 0 Å². The van der Waals surface area contributed by atoms with Crippen LogP contribution < -0.4 is 10.6 Å². The average Bonchev–Trinajstić information content (AvgIpc) is 2.97. The van der Waals surface area contributed by atoms with Crippen molar-refractivity contribution in [3.8, 4) is 0 Å². The van der Waals surface area contributed by atoms with E-state index >= 15 is 0 Å². The molecule has 0 bridgehead atoms. The number of anilines is 1. The van der Waals surface area contributed by atoms with Crippen LogP contribution in [0.25, 0.3) is 0 Å². The molecule has 1 amide bonds. The smallest absolute Gasteiger partial charge is 0.246 e. The molecule has 1 unspecified atom stereocenters. The molecular formula is C11H10ClN5OS. The van der Waals surface area contributed by atoms with Gasteiger partial charge in [-0.3, -0.25) is 9.89 Å². The van der Waals surface area contributed by atoms with Crippen molar-refractivity contribution < 1.29 is 4.79 Å². The molecule has 1 aliphatic rings. The number of amides is 1. The van der Waals surface area contributed by atoms with Gasteiger partial charge in [0.05, 0.1) is 5.02 Å². The van der Waals surface area contributed by atoms with Gasteiger partial charge in [0.25, 0.3) is 0 Å². The summed E-state index contributed by atoms with van der Waals surface area (Å²) in [6.07, 6.45) is 1.43. The van der Waals surface area contributed by atoms with Gasteiger partial charge in [0.2, 0.25) is 5.91 Å². The molecule has 6 nitrogen and oxygen atoms in total. The molecule has 1 atom stereocenters. The summed E-state index contributed by atoms with van der Waals surface area (Å²) in [4.78, 5) is 16.6. The lowest BCUT2D eigenvalue weighted by atomic mass is 10.1. The third kappa shape index (κ3) is 2.20. The number of hydrogen-bond acceptors (Lipinski definition) is 5. The van der Waals surface area contributed by atoms with Crippen molar-refractivity contribution in [2.45, 2.75) is 16.1 Å². The van der Waals surface area contributed by atoms with E-state index in [2.05, 4.69) is 25.8 Å². The van der Waals surface area contributed by atoms with E-state index in [0.29, 0.717) is 10.2 Å². The maximum absolute atomic E-state index is 11.7. The lowest BCUT2D eigenvalue weighted by Crippen LogP contribution is -2.23. The second-order valence-corrected chi connectivity index (χ2v) is 5.41. The lowest BCUT2D eigenvalue weighted by Gasteiger charge is -2.08. The summed E-state index contributed by atoms with van der Waals surface area (Å²) in [6, 6.07) is 3.30. The number of aromatic nitrogens is 3. The van der Waals surface area contributed by atoms with Gasteiger partial charge in [-0.2, -0.15) is 5.10 Å². The Morgan fingerprint density at radius 3 is 3.00 bits per heavy atom. The molecule has 3 rings (SSSR count). The maximum Gasteiger partial charge on any atom is 0.246 e. The standard InChI is InChI=1S/C11H10ClN5OS/c1-13-9-5-2-6(12)8(3-7(5)16-10(9)18)19-11-14-4-15-17-11/h2-4,9,13H,1H3,(H,16,18)(H,14,15,17). The molecule has 0 saturated heterocycles. The van der Waals surface area contributed by atoms with E-state index in [9.17, 15) is 4.79 Å². The molecule has 3 N–H and O–H groups in total. The molecule has 1 aromatic heterocycles. The number of nitrogens with zero attached hydrogens (tertiary/aromatic N) is 2. The summed E-state index contributed by atoms with van der Waals surface area (Å²) in [5.74, 6) is -0.0737. The molecule has 0 aliphatic carbocycles. The highest BCUT2D eigenvalue weighted by Crippen LogP contribution is 2.40. The highest BCUT2D eigenvalue weighted by molar-refractivity contribution is 7.99. The molecule has 0 spiro atoms. The zero-order chi connectivity index (χ0) is 13.4. The highest BCUT2D eigenvalue weighted by atomic mass is 35.5. The summed E-state index contributed by atoms with van der Waals surface area (Å²) in [5.41, 5.74) is 1.63. The first-order chi connectivity index (χ1) is 9.19. The quantitative estimate of drug-likeness (QED) is 0.804. The molecule has 0 saturated carbocycles. The Labute approximate surface area is 118 Å². The van der Waals surface area contributed by atoms with Crippen molar-refractivity contribution in [3.05, 3.63) is 29.0 Å². The van der Waals surface area contributed by atoms with Crippen molar-refractivity contribution in [3.63, 3.8) is 0 Å². The zero-order valence-electron chi connectivity index (χ0n) is 9.90. The van der Waals surface area contributed by atoms with Crippen LogP contribution in [0.5, 0.6) is 0 Å². The topological polar surface area (TPSA) is 82.7 Å². The van der Waals surface area contributed by atoms with Crippen LogP contribution in [0.1, 0.15) is 11.6 Å². The van der Waals surface area contributed by atoms with Gasteiger partial charge < -0.3 is 10.6 Å². The third-order valence-electron chi connectivity index (χ3n) is 2.82. The Kier molecular flexibility index (Phi) is 3.17. The molecule has 1 aromatic carbocycles. The third-order valence-corrected chi connectivity index (χ3v) is 4.20. The van der Waals surface area contributed by atoms with Gasteiger partial charge in [-0.1, -0.05) is 11.6 Å². The van der Waals surface area contributed by atoms with Crippen LogP contribution in [-0.2, 0) is 4.79 Å². The van der Waals surface area contributed by atoms with E-state index in [0.717, 1.165) is 16.1 Å². The Hall–Kier alpha value is -1.57. The minimum absolute atomic E-state index is 0.0737. The number of nitrogens with one attached hydrogen (secondary N) is 3. The van der Waals surface area contributed by atoms with Crippen LogP contribution in [-0.4, -0.2) is 28.1 Å². The summed E-state index contributed by atoms with van der Waals surface area (Å²) in [5, 5.41) is 13.5. The van der Waals surface area contributed by atoms with Gasteiger partial charge in [0.15, 0.2) is 5.16 Å². The van der Waals surface area contributed by atoms with Gasteiger partial charge in [-0.15, -0.1) is 0 Å². The summed E-state index contributed by atoms with van der Waals surface area (Å²) < 4.78 is 0. The van der Waals surface area contributed by atoms with E-state index in [1.807, 2.05) is 6.07 Å². The van der Waals surface area contributed by atoms with Gasteiger partial charge in [0, 0.05) is 16.1 Å². The number of benzene rings is 1. The second kappa shape index (κ2) is 4.84. The van der Waals surface area contributed by atoms with Crippen LogP contribution in [0.2, 0.25) is 5.02 Å². The van der Waals surface area contributed by atoms with Crippen LogP contribution in [0, 0.1) is 0 Å². The van der Waals surface area contributed by atoms with E-state index in [1.54, 1.807) is 13.1 Å². The van der Waals surface area contributed by atoms with Crippen LogP contribution >= 0.6 is 23.4 Å². The van der Waals surface area contributed by atoms with E-state index < -0.39 is 0 Å². The van der Waals surface area contributed by atoms with Crippen LogP contribution in [0.3, 0.4) is 0 Å².